The molecule has 1 aromatic carbocycles. The molecule has 0 spiro atoms. The minimum Gasteiger partial charge on any atom is -0.516 e. The van der Waals surface area contributed by atoms with E-state index in [4.69, 9.17) is 9.84 Å². The average Bonchev–Trinajstić information content (AvgIpc) is 2.75. The summed E-state index contributed by atoms with van der Waals surface area (Å²) >= 11 is 0. The van der Waals surface area contributed by atoms with Gasteiger partial charge in [-0.1, -0.05) is 48.8 Å². The van der Waals surface area contributed by atoms with Crippen LogP contribution < -0.4 is 5.32 Å². The van der Waals surface area contributed by atoms with Gasteiger partial charge in [0.05, 0.1) is 19.1 Å². The molecule has 0 heterocycles. The first kappa shape index (κ1) is 24.0. The molecule has 0 aliphatic carbocycles. The van der Waals surface area contributed by atoms with E-state index in [0.717, 1.165) is 35.6 Å². The smallest absolute Gasteiger partial charge is 0.289 e. The minimum absolute atomic E-state index is 0.330. The molecule has 2 N–H and O–H groups in total. The van der Waals surface area contributed by atoms with Crippen LogP contribution in [-0.2, 0) is 4.74 Å². The molecule has 1 unspecified atom stereocenters. The largest absolute Gasteiger partial charge is 0.516 e. The first-order valence-electron chi connectivity index (χ1n) is 9.38. The van der Waals surface area contributed by atoms with Crippen LogP contribution in [0, 0.1) is 11.8 Å². The molecule has 0 aromatic heterocycles. The lowest BCUT2D eigenvalue weighted by Gasteiger charge is -2.07. The van der Waals surface area contributed by atoms with Gasteiger partial charge in [0.2, 0.25) is 0 Å². The quantitative estimate of drug-likeness (QED) is 0.112. The third kappa shape index (κ3) is 12.1. The second kappa shape index (κ2) is 16.0. The average molecular weight is 408 g/mol. The maximum atomic E-state index is 8.74. The molecule has 0 aliphatic rings. The number of aliphatic hydroxyl groups excluding tert-OH is 1. The number of ether oxygens (including phenoxy) is 1. The first-order valence-corrected chi connectivity index (χ1v) is 9.96. The molecule has 5 heteroatoms. The summed E-state index contributed by atoms with van der Waals surface area (Å²) in [7, 11) is 2.64. The summed E-state index contributed by atoms with van der Waals surface area (Å²) in [6, 6.07) is 10.3. The fourth-order valence-electron chi connectivity index (χ4n) is 1.94. The summed E-state index contributed by atoms with van der Waals surface area (Å²) in [6.07, 6.45) is 13.4. The van der Waals surface area contributed by atoms with Crippen LogP contribution in [0.3, 0.4) is 0 Å². The number of nitrogens with one attached hydrogen (secondary N) is 1. The molecule has 29 heavy (non-hydrogen) atoms. The van der Waals surface area contributed by atoms with Gasteiger partial charge in [0.1, 0.15) is 0 Å². The monoisotopic (exact) mass is 408 g/mol. The maximum Gasteiger partial charge on any atom is 0.289 e. The normalized spacial score (nSPS) is 12.7. The number of rotatable bonds is 9. The first-order chi connectivity index (χ1) is 14.2. The lowest BCUT2D eigenvalue weighted by atomic mass is 10.2. The summed E-state index contributed by atoms with van der Waals surface area (Å²) in [5.74, 6) is 6.12. The molecular weight excluding hydrogens is 379 g/mol. The van der Waals surface area contributed by atoms with Gasteiger partial charge in [0, 0.05) is 12.1 Å². The lowest BCUT2D eigenvalue weighted by Crippen LogP contribution is -2.26. The number of benzene rings is 1. The van der Waals surface area contributed by atoms with Crippen LogP contribution in [0.15, 0.2) is 95.7 Å². The van der Waals surface area contributed by atoms with E-state index in [0.29, 0.717) is 19.1 Å². The predicted octanol–water partition coefficient (Wildman–Crippen LogP) is 5.26. The van der Waals surface area contributed by atoms with Crippen LogP contribution >= 0.6 is 9.24 Å². The van der Waals surface area contributed by atoms with Gasteiger partial charge in [-0.05, 0) is 61.0 Å². The number of nitrogens with zero attached hydrogens (tertiary/aromatic N) is 1. The van der Waals surface area contributed by atoms with Crippen LogP contribution in [0.5, 0.6) is 0 Å². The van der Waals surface area contributed by atoms with Gasteiger partial charge in [0.15, 0.2) is 0 Å². The number of hydrogen-bond acceptors (Lipinski definition) is 3. The van der Waals surface area contributed by atoms with Crippen LogP contribution in [0.2, 0.25) is 0 Å². The van der Waals surface area contributed by atoms with Crippen molar-refractivity contribution < 1.29 is 9.84 Å². The zero-order valence-corrected chi connectivity index (χ0v) is 18.0. The van der Waals surface area contributed by atoms with Crippen LogP contribution in [0.1, 0.15) is 25.3 Å². The fraction of sp³-hybridized carbons (Fsp3) is 0.208. The molecule has 0 fully saturated rings. The molecule has 0 saturated carbocycles. The second-order valence-electron chi connectivity index (χ2n) is 5.90. The summed E-state index contributed by atoms with van der Waals surface area (Å²) in [5.41, 5.74) is 2.06. The summed E-state index contributed by atoms with van der Waals surface area (Å²) in [4.78, 5) is 4.26. The van der Waals surface area contributed by atoms with Gasteiger partial charge in [-0.3, -0.25) is 0 Å². The number of hydrogen-bond donors (Lipinski definition) is 2. The van der Waals surface area contributed by atoms with Crippen LogP contribution in [-0.4, -0.2) is 24.2 Å². The molecule has 4 nitrogen and oxygen atoms in total. The third-order valence-corrected chi connectivity index (χ3v) is 4.30. The number of amidine groups is 1. The highest BCUT2D eigenvalue weighted by atomic mass is 31.0. The van der Waals surface area contributed by atoms with Gasteiger partial charge < -0.3 is 15.2 Å². The van der Waals surface area contributed by atoms with E-state index in [9.17, 15) is 0 Å². The third-order valence-electron chi connectivity index (χ3n) is 3.65. The van der Waals surface area contributed by atoms with Crippen molar-refractivity contribution >= 4 is 15.3 Å². The summed E-state index contributed by atoms with van der Waals surface area (Å²) in [5, 5.41) is 12.9. The van der Waals surface area contributed by atoms with Crippen molar-refractivity contribution in [3.63, 3.8) is 0 Å². The van der Waals surface area contributed by atoms with Gasteiger partial charge >= 0.3 is 0 Å². The molecule has 1 atom stereocenters. The van der Waals surface area contributed by atoms with E-state index in [-0.39, 0.29) is 0 Å². The van der Waals surface area contributed by atoms with Gasteiger partial charge in [-0.25, -0.2) is 4.99 Å². The van der Waals surface area contributed by atoms with E-state index in [1.54, 1.807) is 12.3 Å². The van der Waals surface area contributed by atoms with Crippen molar-refractivity contribution in [3.05, 3.63) is 96.3 Å². The van der Waals surface area contributed by atoms with Crippen molar-refractivity contribution in [1.29, 1.82) is 0 Å². The van der Waals surface area contributed by atoms with Crippen LogP contribution in [0.4, 0.5) is 0 Å². The number of allylic oxidation sites excluding steroid dienone is 6. The molecular formula is C24H29N2O2P. The lowest BCUT2D eigenvalue weighted by molar-refractivity contribution is 0.439. The zero-order valence-electron chi connectivity index (χ0n) is 16.8. The number of aliphatic hydroxyl groups is 1. The molecule has 1 rings (SSSR count). The molecule has 152 valence electrons. The van der Waals surface area contributed by atoms with E-state index < -0.39 is 0 Å². The van der Waals surface area contributed by atoms with E-state index >= 15 is 0 Å². The molecule has 0 saturated heterocycles. The minimum atomic E-state index is 0.330. The second-order valence-corrected chi connectivity index (χ2v) is 6.52. The highest BCUT2D eigenvalue weighted by Crippen LogP contribution is 2.14. The van der Waals surface area contributed by atoms with Crippen molar-refractivity contribution in [2.24, 2.45) is 4.99 Å². The topological polar surface area (TPSA) is 53.9 Å². The number of unbranched alkanes of at least 4 members (excludes halogenated alkanes) is 1. The van der Waals surface area contributed by atoms with E-state index in [1.165, 1.54) is 6.08 Å². The highest BCUT2D eigenvalue weighted by Gasteiger charge is 1.97. The Labute approximate surface area is 176 Å². The SMILES string of the molecule is C=C/C(C)=C(P)\C=C\OC(=NC/C=C/O)NCCC/C=C/C#Cc1ccccc1. The van der Waals surface area contributed by atoms with Crippen molar-refractivity contribution in [1.82, 2.24) is 5.32 Å². The molecule has 0 amide bonds. The number of aliphatic imine (C=N–C) groups is 1. The van der Waals surface area contributed by atoms with Crippen molar-refractivity contribution in [2.45, 2.75) is 19.8 Å². The van der Waals surface area contributed by atoms with Gasteiger partial charge in [-0.2, -0.15) is 0 Å². The van der Waals surface area contributed by atoms with Gasteiger partial charge in [-0.15, -0.1) is 9.24 Å². The molecule has 0 aliphatic heterocycles. The predicted molar refractivity (Wildman–Crippen MR) is 127 cm³/mol. The Morgan fingerprint density at radius 3 is 2.83 bits per heavy atom. The Morgan fingerprint density at radius 2 is 2.10 bits per heavy atom. The Bertz CT molecular complexity index is 825. The summed E-state index contributed by atoms with van der Waals surface area (Å²) < 4.78 is 5.57. The molecule has 0 radical (unpaired) electrons. The van der Waals surface area contributed by atoms with E-state index in [1.807, 2.05) is 55.5 Å². The maximum absolute atomic E-state index is 8.74. The van der Waals surface area contributed by atoms with E-state index in [2.05, 4.69) is 38.0 Å². The molecule has 1 aromatic rings. The Morgan fingerprint density at radius 1 is 1.31 bits per heavy atom. The van der Waals surface area contributed by atoms with Crippen LogP contribution in [0.25, 0.3) is 0 Å². The Hall–Kier alpha value is -3.02. The fourth-order valence-corrected chi connectivity index (χ4v) is 2.14. The molecule has 0 bridgehead atoms. The zero-order chi connectivity index (χ0) is 21.2. The van der Waals surface area contributed by atoms with Crippen molar-refractivity contribution in [2.75, 3.05) is 13.1 Å². The Balaban J connectivity index is 2.43. The standard InChI is InChI=1S/C24H29N2O2P/c1-3-21(2)23(29)16-20-28-24(26-18-12-19-27)25-17-11-6-4-5-8-13-22-14-9-7-10-15-22/h3-5,7,9-10,12,14-16,19-20,27H,1,6,11,17-18,29H2,2H3,(H,25,26)/b5-4+,19-12+,20-16+,23-21+. The Kier molecular flexibility index (Phi) is 13.2. The highest BCUT2D eigenvalue weighted by molar-refractivity contribution is 7.23. The summed E-state index contributed by atoms with van der Waals surface area (Å²) in [6.45, 7) is 6.75. The van der Waals surface area contributed by atoms with Crippen molar-refractivity contribution in [3.8, 4) is 11.8 Å². The van der Waals surface area contributed by atoms with Gasteiger partial charge in [0.25, 0.3) is 6.02 Å².